The predicted octanol–water partition coefficient (Wildman–Crippen LogP) is 4.03. The summed E-state index contributed by atoms with van der Waals surface area (Å²) in [6.07, 6.45) is 6.08. The van der Waals surface area contributed by atoms with Crippen LogP contribution in [0.15, 0.2) is 18.2 Å². The number of carbonyl (C=O) groups is 1. The van der Waals surface area contributed by atoms with Crippen LogP contribution in [0.5, 0.6) is 11.5 Å². The normalized spacial score (nSPS) is 16.7. The van der Waals surface area contributed by atoms with Gasteiger partial charge in [-0.15, -0.1) is 12.4 Å². The SMILES string of the molecule is CCCCOc1ccc(C(=O)N2CCCC(N)C2)cc1OCCCC.Cl. The monoisotopic (exact) mass is 384 g/mol. The van der Waals surface area contributed by atoms with Crippen LogP contribution in [0, 0.1) is 0 Å². The minimum Gasteiger partial charge on any atom is -0.490 e. The van der Waals surface area contributed by atoms with Gasteiger partial charge in [-0.25, -0.2) is 0 Å². The maximum atomic E-state index is 12.8. The molecule has 0 aliphatic carbocycles. The molecule has 5 nitrogen and oxygen atoms in total. The second kappa shape index (κ2) is 12.0. The van der Waals surface area contributed by atoms with E-state index < -0.39 is 0 Å². The summed E-state index contributed by atoms with van der Waals surface area (Å²) >= 11 is 0. The first-order valence-corrected chi connectivity index (χ1v) is 9.60. The van der Waals surface area contributed by atoms with Gasteiger partial charge in [0.2, 0.25) is 0 Å². The van der Waals surface area contributed by atoms with Crippen LogP contribution in [-0.4, -0.2) is 43.2 Å². The van der Waals surface area contributed by atoms with Gasteiger partial charge in [-0.1, -0.05) is 26.7 Å². The van der Waals surface area contributed by atoms with Crippen LogP contribution in [0.2, 0.25) is 0 Å². The molecule has 0 radical (unpaired) electrons. The molecule has 1 atom stereocenters. The van der Waals surface area contributed by atoms with Crippen molar-refractivity contribution in [2.45, 2.75) is 58.4 Å². The Kier molecular flexibility index (Phi) is 10.4. The van der Waals surface area contributed by atoms with E-state index >= 15 is 0 Å². The second-order valence-corrected chi connectivity index (χ2v) is 6.72. The van der Waals surface area contributed by atoms with Crippen LogP contribution in [-0.2, 0) is 0 Å². The molecule has 1 amide bonds. The molecule has 0 aromatic heterocycles. The summed E-state index contributed by atoms with van der Waals surface area (Å²) in [6.45, 7) is 6.95. The van der Waals surface area contributed by atoms with E-state index in [1.807, 2.05) is 23.1 Å². The maximum absolute atomic E-state index is 12.8. The van der Waals surface area contributed by atoms with Gasteiger partial charge in [-0.2, -0.15) is 0 Å². The molecule has 1 fully saturated rings. The Labute approximate surface area is 163 Å². The molecule has 0 bridgehead atoms. The van der Waals surface area contributed by atoms with E-state index in [0.29, 0.717) is 31.1 Å². The zero-order valence-electron chi connectivity index (χ0n) is 16.0. The number of hydrogen-bond donors (Lipinski definition) is 1. The van der Waals surface area contributed by atoms with Crippen molar-refractivity contribution in [3.8, 4) is 11.5 Å². The molecule has 1 saturated heterocycles. The van der Waals surface area contributed by atoms with E-state index in [0.717, 1.165) is 50.8 Å². The fourth-order valence-electron chi connectivity index (χ4n) is 2.90. The molecular formula is C20H33ClN2O3. The fourth-order valence-corrected chi connectivity index (χ4v) is 2.90. The lowest BCUT2D eigenvalue weighted by atomic mass is 10.1. The number of rotatable bonds is 9. The van der Waals surface area contributed by atoms with Crippen LogP contribution in [0.4, 0.5) is 0 Å². The Balaban J connectivity index is 0.00000338. The maximum Gasteiger partial charge on any atom is 0.254 e. The number of nitrogens with zero attached hydrogens (tertiary/aromatic N) is 1. The molecule has 1 heterocycles. The molecule has 1 aromatic carbocycles. The Bertz CT molecular complexity index is 554. The van der Waals surface area contributed by atoms with Crippen molar-refractivity contribution in [1.82, 2.24) is 4.90 Å². The highest BCUT2D eigenvalue weighted by atomic mass is 35.5. The van der Waals surface area contributed by atoms with Gasteiger partial charge in [0.1, 0.15) is 0 Å². The smallest absolute Gasteiger partial charge is 0.254 e. The van der Waals surface area contributed by atoms with Crippen LogP contribution in [0.3, 0.4) is 0 Å². The van der Waals surface area contributed by atoms with Crippen LogP contribution < -0.4 is 15.2 Å². The summed E-state index contributed by atoms with van der Waals surface area (Å²) in [5.74, 6) is 1.41. The standard InChI is InChI=1S/C20H32N2O3.ClH/c1-3-5-12-24-18-10-9-16(14-19(18)25-13-6-4-2)20(23)22-11-7-8-17(21)15-22;/h9-10,14,17H,3-8,11-13,15,21H2,1-2H3;1H. The molecule has 1 aliphatic rings. The van der Waals surface area contributed by atoms with Gasteiger partial charge in [0.05, 0.1) is 13.2 Å². The fraction of sp³-hybridized carbons (Fsp3) is 0.650. The molecule has 2 rings (SSSR count). The summed E-state index contributed by atoms with van der Waals surface area (Å²) in [5.41, 5.74) is 6.65. The van der Waals surface area contributed by atoms with E-state index in [2.05, 4.69) is 13.8 Å². The van der Waals surface area contributed by atoms with E-state index in [-0.39, 0.29) is 24.4 Å². The number of hydrogen-bond acceptors (Lipinski definition) is 4. The van der Waals surface area contributed by atoms with E-state index in [1.165, 1.54) is 0 Å². The van der Waals surface area contributed by atoms with Crippen molar-refractivity contribution < 1.29 is 14.3 Å². The van der Waals surface area contributed by atoms with Gasteiger partial charge in [0.25, 0.3) is 5.91 Å². The molecule has 6 heteroatoms. The second-order valence-electron chi connectivity index (χ2n) is 6.72. The third kappa shape index (κ3) is 6.69. The largest absolute Gasteiger partial charge is 0.490 e. The summed E-state index contributed by atoms with van der Waals surface area (Å²) in [5, 5.41) is 0. The van der Waals surface area contributed by atoms with Crippen molar-refractivity contribution in [2.75, 3.05) is 26.3 Å². The summed E-state index contributed by atoms with van der Waals surface area (Å²) < 4.78 is 11.7. The van der Waals surface area contributed by atoms with Crippen molar-refractivity contribution in [3.63, 3.8) is 0 Å². The van der Waals surface area contributed by atoms with E-state index in [9.17, 15) is 4.79 Å². The van der Waals surface area contributed by atoms with Crippen molar-refractivity contribution in [2.24, 2.45) is 5.73 Å². The van der Waals surface area contributed by atoms with Gasteiger partial charge in [-0.05, 0) is 43.9 Å². The quantitative estimate of drug-likeness (QED) is 0.653. The minimum absolute atomic E-state index is 0. The summed E-state index contributed by atoms with van der Waals surface area (Å²) in [7, 11) is 0. The van der Waals surface area contributed by atoms with Crippen molar-refractivity contribution in [1.29, 1.82) is 0 Å². The molecular weight excluding hydrogens is 352 g/mol. The Morgan fingerprint density at radius 1 is 1.15 bits per heavy atom. The number of amides is 1. The highest BCUT2D eigenvalue weighted by Gasteiger charge is 2.23. The molecule has 1 aliphatic heterocycles. The van der Waals surface area contributed by atoms with Gasteiger partial charge >= 0.3 is 0 Å². The first-order chi connectivity index (χ1) is 12.2. The number of nitrogens with two attached hydrogens (primary N) is 1. The third-order valence-electron chi connectivity index (χ3n) is 4.45. The molecule has 148 valence electrons. The van der Waals surface area contributed by atoms with E-state index in [4.69, 9.17) is 15.2 Å². The Morgan fingerprint density at radius 2 is 1.81 bits per heavy atom. The van der Waals surface area contributed by atoms with Gasteiger partial charge in [0, 0.05) is 24.7 Å². The molecule has 2 N–H and O–H groups in total. The number of ether oxygens (including phenoxy) is 2. The first-order valence-electron chi connectivity index (χ1n) is 9.60. The predicted molar refractivity (Wildman–Crippen MR) is 108 cm³/mol. The zero-order chi connectivity index (χ0) is 18.1. The summed E-state index contributed by atoms with van der Waals surface area (Å²) in [4.78, 5) is 14.6. The van der Waals surface area contributed by atoms with Crippen molar-refractivity contribution >= 4 is 18.3 Å². The van der Waals surface area contributed by atoms with Crippen LogP contribution in [0.25, 0.3) is 0 Å². The highest BCUT2D eigenvalue weighted by Crippen LogP contribution is 2.30. The number of benzene rings is 1. The lowest BCUT2D eigenvalue weighted by Crippen LogP contribution is -2.45. The lowest BCUT2D eigenvalue weighted by molar-refractivity contribution is 0.0708. The number of piperidine rings is 1. The van der Waals surface area contributed by atoms with Gasteiger partial charge in [0.15, 0.2) is 11.5 Å². The molecule has 26 heavy (non-hydrogen) atoms. The summed E-state index contributed by atoms with van der Waals surface area (Å²) in [6, 6.07) is 5.58. The number of carbonyl (C=O) groups excluding carboxylic acids is 1. The molecule has 1 aromatic rings. The lowest BCUT2D eigenvalue weighted by Gasteiger charge is -2.31. The average Bonchev–Trinajstić information content (AvgIpc) is 2.62. The van der Waals surface area contributed by atoms with E-state index in [1.54, 1.807) is 0 Å². The third-order valence-corrected chi connectivity index (χ3v) is 4.45. The Morgan fingerprint density at radius 3 is 2.42 bits per heavy atom. The topological polar surface area (TPSA) is 64.8 Å². The number of likely N-dealkylation sites (tertiary alicyclic amines) is 1. The molecule has 0 saturated carbocycles. The minimum atomic E-state index is 0. The van der Waals surface area contributed by atoms with Crippen molar-refractivity contribution in [3.05, 3.63) is 23.8 Å². The Hall–Kier alpha value is -1.46. The number of halogens is 1. The van der Waals surface area contributed by atoms with Crippen LogP contribution in [0.1, 0.15) is 62.7 Å². The molecule has 1 unspecified atom stereocenters. The number of unbranched alkanes of at least 4 members (excludes halogenated alkanes) is 2. The first kappa shape index (κ1) is 22.6. The van der Waals surface area contributed by atoms with Gasteiger partial charge < -0.3 is 20.1 Å². The zero-order valence-corrected chi connectivity index (χ0v) is 16.9. The molecule has 0 spiro atoms. The average molecular weight is 385 g/mol. The van der Waals surface area contributed by atoms with Crippen LogP contribution >= 0.6 is 12.4 Å². The highest BCUT2D eigenvalue weighted by molar-refractivity contribution is 5.95. The van der Waals surface area contributed by atoms with Gasteiger partial charge in [-0.3, -0.25) is 4.79 Å².